The molecule has 0 aliphatic rings. The van der Waals surface area contributed by atoms with Gasteiger partial charge in [-0.3, -0.25) is 4.79 Å². The lowest BCUT2D eigenvalue weighted by Gasteiger charge is -2.31. The number of primary amides is 1. The summed E-state index contributed by atoms with van der Waals surface area (Å²) in [7, 11) is 0. The van der Waals surface area contributed by atoms with Gasteiger partial charge in [0.1, 0.15) is 5.82 Å². The highest BCUT2D eigenvalue weighted by atomic mass is 19.1. The first kappa shape index (κ1) is 16.4. The minimum absolute atomic E-state index is 0.251. The highest BCUT2D eigenvalue weighted by Gasteiger charge is 2.30. The molecule has 0 saturated heterocycles. The number of carbonyl (C=O) groups is 1. The van der Waals surface area contributed by atoms with E-state index in [-0.39, 0.29) is 11.7 Å². The van der Waals surface area contributed by atoms with E-state index in [1.807, 2.05) is 18.7 Å². The maximum Gasteiger partial charge on any atom is 0.237 e. The van der Waals surface area contributed by atoms with Crippen LogP contribution in [0.2, 0.25) is 0 Å². The van der Waals surface area contributed by atoms with Crippen molar-refractivity contribution in [3.63, 3.8) is 0 Å². The molecule has 0 bridgehead atoms. The van der Waals surface area contributed by atoms with Gasteiger partial charge in [0, 0.05) is 13.1 Å². The first-order chi connectivity index (χ1) is 9.44. The van der Waals surface area contributed by atoms with Gasteiger partial charge in [0.15, 0.2) is 0 Å². The molecule has 1 amide bonds. The molecule has 1 unspecified atom stereocenters. The van der Waals surface area contributed by atoms with Crippen molar-refractivity contribution < 1.29 is 9.18 Å². The Labute approximate surface area is 120 Å². The van der Waals surface area contributed by atoms with Crippen molar-refractivity contribution in [2.24, 2.45) is 5.73 Å². The van der Waals surface area contributed by atoms with Gasteiger partial charge in [-0.05, 0) is 38.9 Å². The van der Waals surface area contributed by atoms with Gasteiger partial charge in [0.05, 0.1) is 11.2 Å². The van der Waals surface area contributed by atoms with Gasteiger partial charge >= 0.3 is 0 Å². The molecule has 0 spiro atoms. The summed E-state index contributed by atoms with van der Waals surface area (Å²) in [5.41, 5.74) is 5.24. The highest BCUT2D eigenvalue weighted by molar-refractivity contribution is 5.84. The molecule has 0 fully saturated rings. The zero-order valence-corrected chi connectivity index (χ0v) is 12.4. The zero-order valence-electron chi connectivity index (χ0n) is 12.4. The Morgan fingerprint density at radius 2 is 2.05 bits per heavy atom. The lowest BCUT2D eigenvalue weighted by atomic mass is 9.96. The Bertz CT molecular complexity index is 452. The maximum atomic E-state index is 13.8. The van der Waals surface area contributed by atoms with Crippen LogP contribution >= 0.6 is 0 Å². The molecule has 0 saturated carbocycles. The van der Waals surface area contributed by atoms with Crippen LogP contribution < -0.4 is 16.0 Å². The number of rotatable bonds is 8. The number of nitrogens with zero attached hydrogens (tertiary/aromatic N) is 1. The van der Waals surface area contributed by atoms with E-state index in [1.165, 1.54) is 6.07 Å². The third-order valence-electron chi connectivity index (χ3n) is 3.57. The van der Waals surface area contributed by atoms with Gasteiger partial charge < -0.3 is 16.0 Å². The Balaban J connectivity index is 2.79. The van der Waals surface area contributed by atoms with E-state index in [0.717, 1.165) is 0 Å². The summed E-state index contributed by atoms with van der Waals surface area (Å²) in [6.07, 6.45) is 0.526. The minimum Gasteiger partial charge on any atom is -0.369 e. The second-order valence-electron chi connectivity index (χ2n) is 5.01. The van der Waals surface area contributed by atoms with Crippen LogP contribution in [-0.2, 0) is 4.79 Å². The summed E-state index contributed by atoms with van der Waals surface area (Å²) < 4.78 is 13.8. The smallest absolute Gasteiger partial charge is 0.237 e. The number of nitrogens with two attached hydrogens (primary N) is 1. The number of amides is 1. The average molecular weight is 281 g/mol. The summed E-state index contributed by atoms with van der Waals surface area (Å²) in [5.74, 6) is -0.637. The van der Waals surface area contributed by atoms with E-state index in [9.17, 15) is 9.18 Å². The van der Waals surface area contributed by atoms with Crippen molar-refractivity contribution in [1.82, 2.24) is 5.32 Å². The van der Waals surface area contributed by atoms with Gasteiger partial charge in [-0.25, -0.2) is 4.39 Å². The van der Waals surface area contributed by atoms with E-state index in [0.29, 0.717) is 31.7 Å². The predicted molar refractivity (Wildman–Crippen MR) is 80.2 cm³/mol. The number of benzene rings is 1. The molecule has 112 valence electrons. The SMILES string of the molecule is CCNC(C)(CCN(CC)c1ccccc1F)C(N)=O. The zero-order chi connectivity index (χ0) is 15.2. The summed E-state index contributed by atoms with van der Waals surface area (Å²) in [6.45, 7) is 7.56. The van der Waals surface area contributed by atoms with E-state index in [1.54, 1.807) is 25.1 Å². The topological polar surface area (TPSA) is 58.4 Å². The Morgan fingerprint density at radius 3 is 2.55 bits per heavy atom. The van der Waals surface area contributed by atoms with Crippen LogP contribution in [0.3, 0.4) is 0 Å². The van der Waals surface area contributed by atoms with Gasteiger partial charge in [-0.1, -0.05) is 19.1 Å². The number of hydrogen-bond acceptors (Lipinski definition) is 3. The molecular formula is C15H24FN3O. The molecule has 0 radical (unpaired) electrons. The fourth-order valence-corrected chi connectivity index (χ4v) is 2.20. The lowest BCUT2D eigenvalue weighted by molar-refractivity contribution is -0.124. The summed E-state index contributed by atoms with van der Waals surface area (Å²) in [6, 6.07) is 6.65. The Kier molecular flexibility index (Phi) is 5.95. The molecule has 1 aromatic carbocycles. The molecule has 0 aliphatic heterocycles. The van der Waals surface area contributed by atoms with E-state index in [2.05, 4.69) is 5.32 Å². The number of anilines is 1. The van der Waals surface area contributed by atoms with Gasteiger partial charge in [0.25, 0.3) is 0 Å². The van der Waals surface area contributed by atoms with Crippen LogP contribution in [0, 0.1) is 5.82 Å². The first-order valence-electron chi connectivity index (χ1n) is 6.99. The van der Waals surface area contributed by atoms with Crippen molar-refractivity contribution in [3.8, 4) is 0 Å². The summed E-state index contributed by atoms with van der Waals surface area (Å²) in [5, 5.41) is 3.11. The van der Waals surface area contributed by atoms with Crippen LogP contribution in [0.1, 0.15) is 27.2 Å². The molecule has 4 nitrogen and oxygen atoms in total. The largest absolute Gasteiger partial charge is 0.369 e. The summed E-state index contributed by atoms with van der Waals surface area (Å²) in [4.78, 5) is 13.5. The highest BCUT2D eigenvalue weighted by Crippen LogP contribution is 2.20. The molecule has 1 aromatic rings. The van der Waals surface area contributed by atoms with Crippen LogP contribution in [0.25, 0.3) is 0 Å². The van der Waals surface area contributed by atoms with Crippen molar-refractivity contribution in [3.05, 3.63) is 30.1 Å². The summed E-state index contributed by atoms with van der Waals surface area (Å²) >= 11 is 0. The number of halogens is 1. The third kappa shape index (κ3) is 3.93. The van der Waals surface area contributed by atoms with Crippen LogP contribution in [0.15, 0.2) is 24.3 Å². The van der Waals surface area contributed by atoms with Crippen molar-refractivity contribution in [1.29, 1.82) is 0 Å². The van der Waals surface area contributed by atoms with Gasteiger partial charge in [-0.15, -0.1) is 0 Å². The van der Waals surface area contributed by atoms with Crippen molar-refractivity contribution in [2.45, 2.75) is 32.7 Å². The molecule has 1 rings (SSSR count). The third-order valence-corrected chi connectivity index (χ3v) is 3.57. The lowest BCUT2D eigenvalue weighted by Crippen LogP contribution is -2.54. The molecule has 0 aliphatic carbocycles. The molecule has 0 heterocycles. The average Bonchev–Trinajstić information content (AvgIpc) is 2.41. The van der Waals surface area contributed by atoms with Crippen LogP contribution in [0.5, 0.6) is 0 Å². The van der Waals surface area contributed by atoms with Gasteiger partial charge in [-0.2, -0.15) is 0 Å². The van der Waals surface area contributed by atoms with E-state index in [4.69, 9.17) is 5.73 Å². The van der Waals surface area contributed by atoms with Crippen LogP contribution in [0.4, 0.5) is 10.1 Å². The van der Waals surface area contributed by atoms with Gasteiger partial charge in [0.2, 0.25) is 5.91 Å². The number of nitrogens with one attached hydrogen (secondary N) is 1. The number of carbonyl (C=O) groups excluding carboxylic acids is 1. The predicted octanol–water partition coefficient (Wildman–Crippen LogP) is 1.90. The number of likely N-dealkylation sites (N-methyl/N-ethyl adjacent to an activating group) is 1. The quantitative estimate of drug-likeness (QED) is 0.765. The second kappa shape index (κ2) is 7.24. The molecule has 5 heteroatoms. The normalized spacial score (nSPS) is 13.8. The molecular weight excluding hydrogens is 257 g/mol. The number of para-hydroxylation sites is 1. The van der Waals surface area contributed by atoms with E-state index < -0.39 is 5.54 Å². The minimum atomic E-state index is -0.770. The van der Waals surface area contributed by atoms with Crippen molar-refractivity contribution >= 4 is 11.6 Å². The van der Waals surface area contributed by atoms with Crippen molar-refractivity contribution in [2.75, 3.05) is 24.5 Å². The van der Waals surface area contributed by atoms with Crippen LogP contribution in [-0.4, -0.2) is 31.1 Å². The molecule has 0 aromatic heterocycles. The Hall–Kier alpha value is -1.62. The molecule has 3 N–H and O–H groups in total. The monoisotopic (exact) mass is 281 g/mol. The molecule has 1 atom stereocenters. The Morgan fingerprint density at radius 1 is 1.40 bits per heavy atom. The number of hydrogen-bond donors (Lipinski definition) is 2. The molecule has 20 heavy (non-hydrogen) atoms. The van der Waals surface area contributed by atoms with E-state index >= 15 is 0 Å². The fourth-order valence-electron chi connectivity index (χ4n) is 2.20. The maximum absolute atomic E-state index is 13.8. The fraction of sp³-hybridized carbons (Fsp3) is 0.533. The standard InChI is InChI=1S/C15H24FN3O/c1-4-18-15(3,14(17)20)10-11-19(5-2)13-9-7-6-8-12(13)16/h6-9,18H,4-5,10-11H2,1-3H3,(H2,17,20). The second-order valence-corrected chi connectivity index (χ2v) is 5.01. The first-order valence-corrected chi connectivity index (χ1v) is 6.99.